The molecule has 6 nitrogen and oxygen atoms in total. The fourth-order valence-corrected chi connectivity index (χ4v) is 3.82. The quantitative estimate of drug-likeness (QED) is 0.891. The van der Waals surface area contributed by atoms with E-state index in [4.69, 9.17) is 0 Å². The monoisotopic (exact) mass is 321 g/mol. The number of rotatable bonds is 4. The average molecular weight is 321 g/mol. The van der Waals surface area contributed by atoms with Crippen molar-refractivity contribution in [3.05, 3.63) is 17.0 Å². The van der Waals surface area contributed by atoms with Crippen molar-refractivity contribution in [3.8, 4) is 0 Å². The van der Waals surface area contributed by atoms with Crippen molar-refractivity contribution in [2.75, 3.05) is 0 Å². The van der Waals surface area contributed by atoms with Crippen LogP contribution >= 0.6 is 0 Å². The standard InChI is InChI=1S/C17H27N3O3/c1-10(14-11(2)19-20(5)12(14)3)15(21)18-17(4)9-7-6-8-13(17)16(22)23/h10,13H,6-9H2,1-5H3,(H,18,21)(H,22,23). The molecule has 3 unspecified atom stereocenters. The minimum atomic E-state index is -0.825. The molecule has 1 fully saturated rings. The summed E-state index contributed by atoms with van der Waals surface area (Å²) in [6, 6.07) is 0. The normalized spacial score (nSPS) is 25.9. The minimum absolute atomic E-state index is 0.125. The average Bonchev–Trinajstić information content (AvgIpc) is 2.71. The van der Waals surface area contributed by atoms with Gasteiger partial charge in [0.15, 0.2) is 0 Å². The van der Waals surface area contributed by atoms with Crippen molar-refractivity contribution in [1.29, 1.82) is 0 Å². The molecule has 0 aliphatic heterocycles. The Labute approximate surface area is 137 Å². The van der Waals surface area contributed by atoms with Crippen LogP contribution in [0.2, 0.25) is 0 Å². The lowest BCUT2D eigenvalue weighted by Crippen LogP contribution is -2.56. The number of aliphatic carboxylic acids is 1. The first-order valence-electron chi connectivity index (χ1n) is 8.22. The molecule has 0 aromatic carbocycles. The maximum atomic E-state index is 12.8. The molecule has 1 aromatic rings. The predicted octanol–water partition coefficient (Wildman–Crippen LogP) is 2.29. The summed E-state index contributed by atoms with van der Waals surface area (Å²) in [7, 11) is 1.86. The number of aryl methyl sites for hydroxylation is 2. The minimum Gasteiger partial charge on any atom is -0.481 e. The Balaban J connectivity index is 2.21. The molecule has 0 saturated heterocycles. The highest BCUT2D eigenvalue weighted by Crippen LogP contribution is 2.35. The zero-order valence-corrected chi connectivity index (χ0v) is 14.6. The first kappa shape index (κ1) is 17.5. The highest BCUT2D eigenvalue weighted by Gasteiger charge is 2.43. The molecule has 2 rings (SSSR count). The van der Waals surface area contributed by atoms with Gasteiger partial charge in [0, 0.05) is 18.3 Å². The van der Waals surface area contributed by atoms with Gasteiger partial charge in [-0.3, -0.25) is 14.3 Å². The Kier molecular flexibility index (Phi) is 4.82. The van der Waals surface area contributed by atoms with Crippen molar-refractivity contribution in [1.82, 2.24) is 15.1 Å². The molecular formula is C17H27N3O3. The number of nitrogens with one attached hydrogen (secondary N) is 1. The third kappa shape index (κ3) is 3.26. The number of aromatic nitrogens is 2. The molecule has 1 aliphatic rings. The molecule has 1 heterocycles. The Hall–Kier alpha value is -1.85. The van der Waals surface area contributed by atoms with E-state index in [0.717, 1.165) is 29.8 Å². The van der Waals surface area contributed by atoms with Gasteiger partial charge in [0.25, 0.3) is 0 Å². The van der Waals surface area contributed by atoms with E-state index >= 15 is 0 Å². The number of carboxylic acid groups (broad SMARTS) is 1. The van der Waals surface area contributed by atoms with Gasteiger partial charge in [-0.25, -0.2) is 0 Å². The molecule has 1 amide bonds. The number of carboxylic acids is 1. The number of nitrogens with zero attached hydrogens (tertiary/aromatic N) is 2. The van der Waals surface area contributed by atoms with Gasteiger partial charge in [-0.15, -0.1) is 0 Å². The molecule has 1 aliphatic carbocycles. The molecule has 128 valence electrons. The van der Waals surface area contributed by atoms with E-state index in [1.165, 1.54) is 0 Å². The molecule has 0 bridgehead atoms. The molecule has 1 saturated carbocycles. The summed E-state index contributed by atoms with van der Waals surface area (Å²) in [5, 5.41) is 16.9. The second kappa shape index (κ2) is 6.34. The maximum Gasteiger partial charge on any atom is 0.308 e. The summed E-state index contributed by atoms with van der Waals surface area (Å²) >= 11 is 0. The van der Waals surface area contributed by atoms with Gasteiger partial charge in [-0.2, -0.15) is 5.10 Å². The lowest BCUT2D eigenvalue weighted by Gasteiger charge is -2.40. The van der Waals surface area contributed by atoms with Crippen LogP contribution in [0.4, 0.5) is 0 Å². The van der Waals surface area contributed by atoms with Gasteiger partial charge in [-0.1, -0.05) is 12.8 Å². The van der Waals surface area contributed by atoms with Gasteiger partial charge in [0.05, 0.1) is 23.1 Å². The van der Waals surface area contributed by atoms with E-state index in [2.05, 4.69) is 10.4 Å². The lowest BCUT2D eigenvalue weighted by atomic mass is 9.73. The Bertz CT molecular complexity index is 623. The molecule has 23 heavy (non-hydrogen) atoms. The highest BCUT2D eigenvalue weighted by atomic mass is 16.4. The second-order valence-corrected chi connectivity index (χ2v) is 6.97. The van der Waals surface area contributed by atoms with Gasteiger partial charge in [0.1, 0.15) is 0 Å². The summed E-state index contributed by atoms with van der Waals surface area (Å²) in [5.41, 5.74) is 2.06. The molecule has 0 radical (unpaired) electrons. The van der Waals surface area contributed by atoms with E-state index in [-0.39, 0.29) is 11.8 Å². The van der Waals surface area contributed by atoms with Crippen LogP contribution in [0.15, 0.2) is 0 Å². The Morgan fingerprint density at radius 1 is 1.39 bits per heavy atom. The largest absolute Gasteiger partial charge is 0.481 e. The predicted molar refractivity (Wildman–Crippen MR) is 87.2 cm³/mol. The Morgan fingerprint density at radius 3 is 2.57 bits per heavy atom. The first-order valence-corrected chi connectivity index (χ1v) is 8.22. The topological polar surface area (TPSA) is 84.2 Å². The number of carbonyl (C=O) groups excluding carboxylic acids is 1. The fraction of sp³-hybridized carbons (Fsp3) is 0.706. The third-order valence-corrected chi connectivity index (χ3v) is 5.31. The lowest BCUT2D eigenvalue weighted by molar-refractivity contribution is -0.146. The molecule has 0 spiro atoms. The SMILES string of the molecule is Cc1nn(C)c(C)c1C(C)C(=O)NC1(C)CCCCC1C(=O)O. The van der Waals surface area contributed by atoms with E-state index in [1.54, 1.807) is 4.68 Å². The molecule has 1 aromatic heterocycles. The number of hydrogen-bond donors (Lipinski definition) is 2. The van der Waals surface area contributed by atoms with Gasteiger partial charge < -0.3 is 10.4 Å². The third-order valence-electron chi connectivity index (χ3n) is 5.31. The van der Waals surface area contributed by atoms with E-state index in [0.29, 0.717) is 12.8 Å². The zero-order chi connectivity index (χ0) is 17.4. The van der Waals surface area contributed by atoms with Crippen LogP contribution < -0.4 is 5.32 Å². The summed E-state index contributed by atoms with van der Waals surface area (Å²) in [6.07, 6.45) is 3.16. The molecule has 2 N–H and O–H groups in total. The molecule has 6 heteroatoms. The van der Waals surface area contributed by atoms with Gasteiger partial charge in [-0.05, 0) is 40.5 Å². The van der Waals surface area contributed by atoms with Crippen LogP contribution in [0.25, 0.3) is 0 Å². The van der Waals surface area contributed by atoms with E-state index < -0.39 is 17.4 Å². The van der Waals surface area contributed by atoms with E-state index in [9.17, 15) is 14.7 Å². The summed E-state index contributed by atoms with van der Waals surface area (Å²) in [6.45, 7) is 7.56. The Morgan fingerprint density at radius 2 is 2.04 bits per heavy atom. The van der Waals surface area contributed by atoms with Crippen molar-refractivity contribution in [2.45, 2.75) is 64.8 Å². The zero-order valence-electron chi connectivity index (χ0n) is 14.6. The van der Waals surface area contributed by atoms with Crippen LogP contribution in [0.1, 0.15) is 62.4 Å². The van der Waals surface area contributed by atoms with E-state index in [1.807, 2.05) is 34.7 Å². The van der Waals surface area contributed by atoms with Gasteiger partial charge >= 0.3 is 5.97 Å². The van der Waals surface area contributed by atoms with Crippen LogP contribution in [0.3, 0.4) is 0 Å². The highest BCUT2D eigenvalue weighted by molar-refractivity contribution is 5.85. The van der Waals surface area contributed by atoms with Crippen molar-refractivity contribution < 1.29 is 14.7 Å². The second-order valence-electron chi connectivity index (χ2n) is 6.97. The fourth-order valence-electron chi connectivity index (χ4n) is 3.82. The molecule has 3 atom stereocenters. The van der Waals surface area contributed by atoms with Crippen LogP contribution in [-0.4, -0.2) is 32.3 Å². The maximum absolute atomic E-state index is 12.8. The summed E-state index contributed by atoms with van der Waals surface area (Å²) in [4.78, 5) is 24.3. The first-order chi connectivity index (χ1) is 10.7. The van der Waals surface area contributed by atoms with Crippen molar-refractivity contribution in [3.63, 3.8) is 0 Å². The van der Waals surface area contributed by atoms with Crippen molar-refractivity contribution >= 4 is 11.9 Å². The summed E-state index contributed by atoms with van der Waals surface area (Å²) < 4.78 is 1.77. The molecular weight excluding hydrogens is 294 g/mol. The number of amides is 1. The summed E-state index contributed by atoms with van der Waals surface area (Å²) in [5.74, 6) is -1.82. The van der Waals surface area contributed by atoms with Crippen LogP contribution in [-0.2, 0) is 16.6 Å². The van der Waals surface area contributed by atoms with Gasteiger partial charge in [0.2, 0.25) is 5.91 Å². The smallest absolute Gasteiger partial charge is 0.308 e. The van der Waals surface area contributed by atoms with Crippen LogP contribution in [0.5, 0.6) is 0 Å². The number of hydrogen-bond acceptors (Lipinski definition) is 3. The number of carbonyl (C=O) groups is 2. The van der Waals surface area contributed by atoms with Crippen LogP contribution in [0, 0.1) is 19.8 Å². The van der Waals surface area contributed by atoms with Crippen molar-refractivity contribution in [2.24, 2.45) is 13.0 Å².